The Morgan fingerprint density at radius 1 is 0.980 bits per heavy atom. The molecule has 1 spiro atoms. The predicted octanol–water partition coefficient (Wildman–Crippen LogP) is 3.54. The molecule has 260 valence electrons. The zero-order valence-electron chi connectivity index (χ0n) is 28.4. The Morgan fingerprint density at radius 2 is 1.71 bits per heavy atom. The highest BCUT2D eigenvalue weighted by Crippen LogP contribution is 2.56. The van der Waals surface area contributed by atoms with Gasteiger partial charge >= 0.3 is 5.97 Å². The van der Waals surface area contributed by atoms with E-state index in [2.05, 4.69) is 24.1 Å². The van der Waals surface area contributed by atoms with Gasteiger partial charge in [-0.05, 0) is 63.4 Å². The summed E-state index contributed by atoms with van der Waals surface area (Å²) in [4.78, 5) is 61.9. The van der Waals surface area contributed by atoms with Gasteiger partial charge in [-0.15, -0.1) is 0 Å². The fraction of sp³-hybridized carbons (Fsp3) is 0.474. The maximum Gasteiger partial charge on any atom is 0.313 e. The first-order valence-corrected chi connectivity index (χ1v) is 17.4. The van der Waals surface area contributed by atoms with Crippen LogP contribution in [-0.4, -0.2) is 90.3 Å². The number of amides is 3. The molecule has 2 saturated heterocycles. The number of fused-ring (bicyclic) bond motifs is 2. The lowest BCUT2D eigenvalue weighted by Gasteiger charge is -2.36. The molecular weight excluding hydrogens is 624 g/mol. The third kappa shape index (κ3) is 6.37. The number of carbonyl (C=O) groups is 4. The van der Waals surface area contributed by atoms with Crippen molar-refractivity contribution in [3.8, 4) is 0 Å². The summed E-state index contributed by atoms with van der Waals surface area (Å²) in [5, 5.41) is 12.8. The number of rotatable bonds is 8. The Labute approximate surface area is 287 Å². The third-order valence-electron chi connectivity index (χ3n) is 10.2. The van der Waals surface area contributed by atoms with Crippen molar-refractivity contribution in [2.24, 2.45) is 11.8 Å². The average Bonchev–Trinajstić information content (AvgIpc) is 3.75. The van der Waals surface area contributed by atoms with E-state index in [1.54, 1.807) is 24.0 Å². The molecule has 3 amide bonds. The standard InChI is InChI=1S/C38H46N4O7/c1-4-40(5-2)27-16-18-28(19-17-27)41-22-11-7-10-15-30(44)39-25(3)33(26-13-8-6-9-14-26)48-37(47)31-29-20-21-38(49-29)32(31)35(45)42(23-12-24-43)34(38)36(41)46/h6-9,11,13-14,16-21,25,29,31-34,43H,4-5,10,12,15,22-24H2,1-3H3,(H,39,44)/b11-7-/t25-,29+,31-,32-,33+,34+,38-/m1/s1. The van der Waals surface area contributed by atoms with Gasteiger partial charge in [-0.3, -0.25) is 19.2 Å². The van der Waals surface area contributed by atoms with Gasteiger partial charge in [0.1, 0.15) is 23.7 Å². The molecule has 6 rings (SSSR count). The summed E-state index contributed by atoms with van der Waals surface area (Å²) in [6, 6.07) is 15.3. The number of ether oxygens (including phenoxy) is 2. The maximum atomic E-state index is 14.9. The van der Waals surface area contributed by atoms with E-state index in [4.69, 9.17) is 9.47 Å². The van der Waals surface area contributed by atoms with Crippen molar-refractivity contribution in [3.05, 3.63) is 84.5 Å². The smallest absolute Gasteiger partial charge is 0.313 e. The largest absolute Gasteiger partial charge is 0.455 e. The van der Waals surface area contributed by atoms with Gasteiger partial charge in [0.15, 0.2) is 0 Å². The summed E-state index contributed by atoms with van der Waals surface area (Å²) in [5.74, 6) is -3.56. The molecule has 4 heterocycles. The lowest BCUT2D eigenvalue weighted by molar-refractivity contribution is -0.161. The van der Waals surface area contributed by atoms with Crippen molar-refractivity contribution in [3.63, 3.8) is 0 Å². The Bertz CT molecular complexity index is 1590. The molecule has 11 nitrogen and oxygen atoms in total. The van der Waals surface area contributed by atoms with Gasteiger partial charge in [0.05, 0.1) is 18.1 Å². The molecule has 2 fully saturated rings. The van der Waals surface area contributed by atoms with E-state index >= 15 is 0 Å². The maximum absolute atomic E-state index is 14.9. The van der Waals surface area contributed by atoms with E-state index < -0.39 is 47.7 Å². The van der Waals surface area contributed by atoms with E-state index in [0.29, 0.717) is 17.7 Å². The molecule has 0 radical (unpaired) electrons. The topological polar surface area (TPSA) is 129 Å². The molecular formula is C38H46N4O7. The minimum atomic E-state index is -1.39. The molecule has 2 aromatic rings. The number of carbonyl (C=O) groups excluding carboxylic acids is 4. The molecule has 0 unspecified atom stereocenters. The summed E-state index contributed by atoms with van der Waals surface area (Å²) in [5.41, 5.74) is 0.978. The number of aliphatic hydroxyl groups excluding tert-OH is 1. The summed E-state index contributed by atoms with van der Waals surface area (Å²) in [6.07, 6.45) is 6.58. The lowest BCUT2D eigenvalue weighted by Crippen LogP contribution is -2.56. The molecule has 2 aromatic carbocycles. The Balaban J connectivity index is 1.42. The number of esters is 1. The second-order valence-electron chi connectivity index (χ2n) is 13.1. The molecule has 0 saturated carbocycles. The molecule has 4 aliphatic rings. The number of aliphatic hydroxyl groups is 1. The van der Waals surface area contributed by atoms with E-state index in [1.807, 2.05) is 66.7 Å². The number of nitrogens with one attached hydrogen (secondary N) is 1. The highest BCUT2D eigenvalue weighted by molar-refractivity contribution is 6.05. The van der Waals surface area contributed by atoms with Crippen LogP contribution in [0.25, 0.3) is 0 Å². The van der Waals surface area contributed by atoms with Crippen molar-refractivity contribution in [2.75, 3.05) is 42.6 Å². The van der Waals surface area contributed by atoms with E-state index in [9.17, 15) is 24.3 Å². The van der Waals surface area contributed by atoms with Crippen LogP contribution in [0.2, 0.25) is 0 Å². The number of allylic oxidation sites excluding steroid dienone is 1. The fourth-order valence-electron chi connectivity index (χ4n) is 7.82. The first kappa shape index (κ1) is 34.4. The second kappa shape index (κ2) is 14.6. The van der Waals surface area contributed by atoms with Crippen molar-refractivity contribution < 1.29 is 33.8 Å². The van der Waals surface area contributed by atoms with E-state index in [-0.39, 0.29) is 50.3 Å². The molecule has 4 aliphatic heterocycles. The van der Waals surface area contributed by atoms with Gasteiger partial charge in [-0.25, -0.2) is 0 Å². The van der Waals surface area contributed by atoms with Crippen molar-refractivity contribution in [1.82, 2.24) is 10.2 Å². The molecule has 49 heavy (non-hydrogen) atoms. The third-order valence-corrected chi connectivity index (χ3v) is 10.2. The van der Waals surface area contributed by atoms with Crippen LogP contribution in [-0.2, 0) is 28.7 Å². The average molecular weight is 671 g/mol. The van der Waals surface area contributed by atoms with Crippen LogP contribution >= 0.6 is 0 Å². The number of hydrogen-bond acceptors (Lipinski definition) is 8. The molecule has 2 N–H and O–H groups in total. The summed E-state index contributed by atoms with van der Waals surface area (Å²) in [6.45, 7) is 7.77. The molecule has 0 aromatic heterocycles. The molecule has 7 atom stereocenters. The summed E-state index contributed by atoms with van der Waals surface area (Å²) < 4.78 is 12.7. The van der Waals surface area contributed by atoms with Crippen LogP contribution < -0.4 is 15.1 Å². The van der Waals surface area contributed by atoms with E-state index in [1.165, 1.54) is 4.90 Å². The van der Waals surface area contributed by atoms with Gasteiger partial charge < -0.3 is 34.6 Å². The predicted molar refractivity (Wildman–Crippen MR) is 185 cm³/mol. The van der Waals surface area contributed by atoms with Gasteiger partial charge in [0, 0.05) is 50.6 Å². The number of likely N-dealkylation sites (tertiary alicyclic amines) is 1. The number of nitrogens with zero attached hydrogens (tertiary/aromatic N) is 3. The monoisotopic (exact) mass is 670 g/mol. The van der Waals surface area contributed by atoms with Gasteiger partial charge in [0.25, 0.3) is 5.91 Å². The van der Waals surface area contributed by atoms with Crippen molar-refractivity contribution >= 4 is 35.1 Å². The lowest BCUT2D eigenvalue weighted by atomic mass is 9.74. The SMILES string of the molecule is CCN(CC)c1ccc(N2C/C=C\CCC(=O)N[C@H](C)[C@@H](c3ccccc3)OC(=O)[C@@H]3[C@@H]4C=C[C@]5(O4)[C@H](C2=O)N(CCCO)C(=O)[C@@H]35)cc1. The van der Waals surface area contributed by atoms with Crippen LogP contribution in [0.5, 0.6) is 0 Å². The van der Waals surface area contributed by atoms with Gasteiger partial charge in [0.2, 0.25) is 11.8 Å². The Kier molecular flexibility index (Phi) is 10.2. The number of cyclic esters (lactones) is 1. The zero-order chi connectivity index (χ0) is 34.7. The second-order valence-corrected chi connectivity index (χ2v) is 13.1. The molecule has 11 heteroatoms. The Morgan fingerprint density at radius 3 is 2.41 bits per heavy atom. The number of benzene rings is 2. The van der Waals surface area contributed by atoms with Gasteiger partial charge in [-0.1, -0.05) is 54.6 Å². The van der Waals surface area contributed by atoms with Crippen LogP contribution in [0, 0.1) is 11.8 Å². The normalized spacial score (nSPS) is 30.7. The quantitative estimate of drug-likeness (QED) is 0.323. The molecule has 5 bridgehead atoms. The minimum absolute atomic E-state index is 0.119. The van der Waals surface area contributed by atoms with Crippen LogP contribution in [0.1, 0.15) is 51.7 Å². The van der Waals surface area contributed by atoms with Crippen molar-refractivity contribution in [2.45, 2.75) is 69.9 Å². The Hall–Kier alpha value is -4.48. The van der Waals surface area contributed by atoms with Crippen LogP contribution in [0.4, 0.5) is 11.4 Å². The first-order chi connectivity index (χ1) is 23.7. The van der Waals surface area contributed by atoms with Crippen LogP contribution in [0.3, 0.4) is 0 Å². The van der Waals surface area contributed by atoms with Crippen LogP contribution in [0.15, 0.2) is 78.9 Å². The first-order valence-electron chi connectivity index (χ1n) is 17.4. The number of anilines is 2. The van der Waals surface area contributed by atoms with E-state index in [0.717, 1.165) is 18.8 Å². The zero-order valence-corrected chi connectivity index (χ0v) is 28.4. The summed E-state index contributed by atoms with van der Waals surface area (Å²) in [7, 11) is 0. The van der Waals surface area contributed by atoms with Crippen molar-refractivity contribution in [1.29, 1.82) is 0 Å². The highest BCUT2D eigenvalue weighted by atomic mass is 16.6. The minimum Gasteiger partial charge on any atom is -0.455 e. The highest BCUT2D eigenvalue weighted by Gasteiger charge is 2.73. The fourth-order valence-corrected chi connectivity index (χ4v) is 7.82. The summed E-state index contributed by atoms with van der Waals surface area (Å²) >= 11 is 0. The number of hydrogen-bond donors (Lipinski definition) is 2. The molecule has 0 aliphatic carbocycles. The van der Waals surface area contributed by atoms with Gasteiger partial charge in [-0.2, -0.15) is 0 Å².